The highest BCUT2D eigenvalue weighted by atomic mass is 32.1. The van der Waals surface area contributed by atoms with E-state index in [0.29, 0.717) is 24.6 Å². The zero-order valence-electron chi connectivity index (χ0n) is 12.1. The average Bonchev–Trinajstić information content (AvgIpc) is 2.97. The van der Waals surface area contributed by atoms with Gasteiger partial charge in [0, 0.05) is 42.3 Å². The maximum absolute atomic E-state index is 11.7. The van der Waals surface area contributed by atoms with Crippen LogP contribution in [-0.4, -0.2) is 35.5 Å². The van der Waals surface area contributed by atoms with E-state index in [1.54, 1.807) is 6.07 Å². The Bertz CT molecular complexity index is 585. The van der Waals surface area contributed by atoms with E-state index in [4.69, 9.17) is 0 Å². The van der Waals surface area contributed by atoms with Gasteiger partial charge in [-0.25, -0.2) is 4.98 Å². The van der Waals surface area contributed by atoms with Crippen LogP contribution in [0.2, 0.25) is 0 Å². The zero-order chi connectivity index (χ0) is 15.1. The summed E-state index contributed by atoms with van der Waals surface area (Å²) in [7, 11) is 0. The molecule has 0 bridgehead atoms. The fourth-order valence-corrected chi connectivity index (χ4v) is 2.40. The van der Waals surface area contributed by atoms with Crippen LogP contribution in [0.15, 0.2) is 22.9 Å². The molecule has 0 fully saturated rings. The van der Waals surface area contributed by atoms with E-state index in [1.165, 1.54) is 11.3 Å². The molecule has 3 N–H and O–H groups in total. The van der Waals surface area contributed by atoms with Gasteiger partial charge in [0.25, 0.3) is 5.91 Å². The first-order valence-corrected chi connectivity index (χ1v) is 7.77. The molecule has 0 aliphatic carbocycles. The number of aromatic nitrogens is 2. The van der Waals surface area contributed by atoms with E-state index in [1.807, 2.05) is 30.7 Å². The summed E-state index contributed by atoms with van der Waals surface area (Å²) in [6.07, 6.45) is 0. The number of carbonyl (C=O) groups is 1. The number of aryl methyl sites for hydroxylation is 1. The molecule has 0 spiro atoms. The van der Waals surface area contributed by atoms with Crippen molar-refractivity contribution in [1.82, 2.24) is 15.3 Å². The van der Waals surface area contributed by atoms with Crippen LogP contribution < -0.4 is 16.0 Å². The lowest BCUT2D eigenvalue weighted by molar-refractivity contribution is 0.0955. The molecule has 0 aliphatic heterocycles. The molecule has 0 saturated carbocycles. The topological polar surface area (TPSA) is 78.9 Å². The van der Waals surface area contributed by atoms with Gasteiger partial charge in [-0.2, -0.15) is 16.3 Å². The Morgan fingerprint density at radius 3 is 2.86 bits per heavy atom. The number of thiophene rings is 1. The smallest absolute Gasteiger partial charge is 0.252 e. The highest BCUT2D eigenvalue weighted by molar-refractivity contribution is 7.08. The molecule has 7 heteroatoms. The van der Waals surface area contributed by atoms with Crippen LogP contribution in [-0.2, 0) is 0 Å². The van der Waals surface area contributed by atoms with E-state index in [-0.39, 0.29) is 5.91 Å². The minimum Gasteiger partial charge on any atom is -0.370 e. The molecule has 0 saturated heterocycles. The first kappa shape index (κ1) is 15.2. The number of nitrogens with zero attached hydrogens (tertiary/aromatic N) is 2. The van der Waals surface area contributed by atoms with Gasteiger partial charge in [0.2, 0.25) is 5.95 Å². The third-order valence-corrected chi connectivity index (χ3v) is 3.37. The normalized spacial score (nSPS) is 10.2. The van der Waals surface area contributed by atoms with Crippen LogP contribution >= 0.6 is 11.3 Å². The second kappa shape index (κ2) is 7.58. The second-order valence-electron chi connectivity index (χ2n) is 4.44. The maximum atomic E-state index is 11.7. The summed E-state index contributed by atoms with van der Waals surface area (Å²) in [4.78, 5) is 20.4. The average molecular weight is 305 g/mol. The molecule has 0 atom stereocenters. The van der Waals surface area contributed by atoms with Gasteiger partial charge in [-0.1, -0.05) is 0 Å². The number of hydrogen-bond donors (Lipinski definition) is 3. The molecular formula is C14H19N5OS. The highest BCUT2D eigenvalue weighted by Gasteiger charge is 2.05. The number of rotatable bonds is 7. The molecule has 2 heterocycles. The van der Waals surface area contributed by atoms with Crippen LogP contribution in [0.25, 0.3) is 0 Å². The molecule has 112 valence electrons. The number of hydrogen-bond acceptors (Lipinski definition) is 6. The Kier molecular flexibility index (Phi) is 5.51. The van der Waals surface area contributed by atoms with Crippen LogP contribution in [0.4, 0.5) is 11.8 Å². The standard InChI is InChI=1S/C14H19N5OS/c1-3-15-12-8-10(2)18-14(19-12)17-6-5-16-13(20)11-4-7-21-9-11/h4,7-9H,3,5-6H2,1-2H3,(H,16,20)(H2,15,17,18,19). The summed E-state index contributed by atoms with van der Waals surface area (Å²) in [6, 6.07) is 3.70. The fraction of sp³-hybridized carbons (Fsp3) is 0.357. The highest BCUT2D eigenvalue weighted by Crippen LogP contribution is 2.09. The Hall–Kier alpha value is -2.15. The summed E-state index contributed by atoms with van der Waals surface area (Å²) in [5.74, 6) is 1.31. The summed E-state index contributed by atoms with van der Waals surface area (Å²) < 4.78 is 0. The lowest BCUT2D eigenvalue weighted by Crippen LogP contribution is -2.28. The van der Waals surface area contributed by atoms with E-state index in [9.17, 15) is 4.79 Å². The molecule has 2 rings (SSSR count). The molecule has 2 aromatic rings. The van der Waals surface area contributed by atoms with Crippen molar-refractivity contribution in [1.29, 1.82) is 0 Å². The molecular weight excluding hydrogens is 286 g/mol. The van der Waals surface area contributed by atoms with E-state index < -0.39 is 0 Å². The van der Waals surface area contributed by atoms with Gasteiger partial charge in [0.15, 0.2) is 0 Å². The van der Waals surface area contributed by atoms with Crippen molar-refractivity contribution in [3.05, 3.63) is 34.2 Å². The summed E-state index contributed by atoms with van der Waals surface area (Å²) >= 11 is 1.51. The van der Waals surface area contributed by atoms with Gasteiger partial charge in [-0.3, -0.25) is 4.79 Å². The summed E-state index contributed by atoms with van der Waals surface area (Å²) in [5.41, 5.74) is 1.59. The van der Waals surface area contributed by atoms with Crippen molar-refractivity contribution in [2.24, 2.45) is 0 Å². The molecule has 0 radical (unpaired) electrons. The monoisotopic (exact) mass is 305 g/mol. The predicted molar refractivity (Wildman–Crippen MR) is 86.1 cm³/mol. The van der Waals surface area contributed by atoms with Crippen molar-refractivity contribution in [2.75, 3.05) is 30.3 Å². The van der Waals surface area contributed by atoms with Gasteiger partial charge < -0.3 is 16.0 Å². The first-order chi connectivity index (χ1) is 10.2. The quantitative estimate of drug-likeness (QED) is 0.683. The van der Waals surface area contributed by atoms with Crippen molar-refractivity contribution >= 4 is 29.0 Å². The molecule has 0 unspecified atom stereocenters. The van der Waals surface area contributed by atoms with E-state index >= 15 is 0 Å². The number of nitrogens with one attached hydrogen (secondary N) is 3. The molecule has 0 aliphatic rings. The van der Waals surface area contributed by atoms with Gasteiger partial charge in [0.05, 0.1) is 0 Å². The zero-order valence-corrected chi connectivity index (χ0v) is 13.0. The molecule has 0 aromatic carbocycles. The van der Waals surface area contributed by atoms with Crippen LogP contribution in [0.5, 0.6) is 0 Å². The van der Waals surface area contributed by atoms with Crippen molar-refractivity contribution in [3.63, 3.8) is 0 Å². The van der Waals surface area contributed by atoms with Gasteiger partial charge in [-0.05, 0) is 25.3 Å². The van der Waals surface area contributed by atoms with Crippen molar-refractivity contribution < 1.29 is 4.79 Å². The number of anilines is 2. The van der Waals surface area contributed by atoms with Crippen LogP contribution in [0, 0.1) is 6.92 Å². The third-order valence-electron chi connectivity index (χ3n) is 2.69. The van der Waals surface area contributed by atoms with Crippen LogP contribution in [0.3, 0.4) is 0 Å². The number of amides is 1. The second-order valence-corrected chi connectivity index (χ2v) is 5.22. The lowest BCUT2D eigenvalue weighted by Gasteiger charge is -2.09. The summed E-state index contributed by atoms with van der Waals surface area (Å²) in [6.45, 7) is 5.84. The SMILES string of the molecule is CCNc1cc(C)nc(NCCNC(=O)c2ccsc2)n1. The van der Waals surface area contributed by atoms with Crippen molar-refractivity contribution in [3.8, 4) is 0 Å². The predicted octanol–water partition coefficient (Wildman–Crippen LogP) is 2.12. The Labute approximate surface area is 128 Å². The summed E-state index contributed by atoms with van der Waals surface area (Å²) in [5, 5.41) is 12.8. The minimum absolute atomic E-state index is 0.0588. The lowest BCUT2D eigenvalue weighted by atomic mass is 10.3. The van der Waals surface area contributed by atoms with Gasteiger partial charge in [-0.15, -0.1) is 0 Å². The van der Waals surface area contributed by atoms with E-state index in [0.717, 1.165) is 18.1 Å². The molecule has 1 amide bonds. The van der Waals surface area contributed by atoms with Crippen molar-refractivity contribution in [2.45, 2.75) is 13.8 Å². The number of carbonyl (C=O) groups excluding carboxylic acids is 1. The third kappa shape index (κ3) is 4.71. The fourth-order valence-electron chi connectivity index (χ4n) is 1.77. The molecule has 6 nitrogen and oxygen atoms in total. The largest absolute Gasteiger partial charge is 0.370 e. The maximum Gasteiger partial charge on any atom is 0.252 e. The molecule has 21 heavy (non-hydrogen) atoms. The van der Waals surface area contributed by atoms with E-state index in [2.05, 4.69) is 25.9 Å². The minimum atomic E-state index is -0.0588. The van der Waals surface area contributed by atoms with Crippen LogP contribution in [0.1, 0.15) is 23.0 Å². The van der Waals surface area contributed by atoms with Gasteiger partial charge >= 0.3 is 0 Å². The van der Waals surface area contributed by atoms with Gasteiger partial charge in [0.1, 0.15) is 5.82 Å². The Morgan fingerprint density at radius 1 is 1.29 bits per heavy atom. The molecule has 2 aromatic heterocycles. The Morgan fingerprint density at radius 2 is 2.14 bits per heavy atom. The first-order valence-electron chi connectivity index (χ1n) is 6.83. The Balaban J connectivity index is 1.79.